The second kappa shape index (κ2) is 11.3. The van der Waals surface area contributed by atoms with Crippen molar-refractivity contribution in [2.75, 3.05) is 7.05 Å². The lowest BCUT2D eigenvalue weighted by molar-refractivity contribution is 1.33. The van der Waals surface area contributed by atoms with E-state index >= 15 is 0 Å². The fraction of sp³-hybridized carbons (Fsp3) is 0.0690. The fourth-order valence-electron chi connectivity index (χ4n) is 3.51. The van der Waals surface area contributed by atoms with E-state index in [2.05, 4.69) is 76.8 Å². The first-order chi connectivity index (χ1) is 15.7. The van der Waals surface area contributed by atoms with Crippen LogP contribution in [0.15, 0.2) is 114 Å². The summed E-state index contributed by atoms with van der Waals surface area (Å²) in [5.41, 5.74) is 8.50. The van der Waals surface area contributed by atoms with Gasteiger partial charge in [-0.15, -0.1) is 0 Å². The van der Waals surface area contributed by atoms with Gasteiger partial charge in [-0.05, 0) is 82.9 Å². The summed E-state index contributed by atoms with van der Waals surface area (Å²) in [4.78, 5) is 12.5. The Bertz CT molecular complexity index is 1160. The van der Waals surface area contributed by atoms with Gasteiger partial charge in [-0.3, -0.25) is 15.0 Å². The van der Waals surface area contributed by atoms with Crippen LogP contribution in [0.3, 0.4) is 0 Å². The van der Waals surface area contributed by atoms with E-state index in [0.29, 0.717) is 0 Å². The Morgan fingerprint density at radius 2 is 1.62 bits per heavy atom. The number of allylic oxidation sites excluding steroid dienone is 6. The molecule has 2 aromatic carbocycles. The molecule has 0 aliphatic rings. The van der Waals surface area contributed by atoms with Crippen LogP contribution in [0.5, 0.6) is 0 Å². The van der Waals surface area contributed by atoms with Gasteiger partial charge in [0.2, 0.25) is 0 Å². The number of benzene rings is 2. The number of nitrogens with zero attached hydrogens (tertiary/aromatic N) is 3. The molecule has 0 aliphatic heterocycles. The molecule has 1 heterocycles. The smallest absolute Gasteiger partial charge is 0.0346 e. The quantitative estimate of drug-likeness (QED) is 0.280. The molecule has 0 saturated carbocycles. The number of aliphatic imine (C=N–C) groups is 2. The number of aromatic nitrogens is 1. The summed E-state index contributed by atoms with van der Waals surface area (Å²) in [6.07, 6.45) is 15.1. The molecule has 0 unspecified atom stereocenters. The number of hydrogen-bond acceptors (Lipinski definition) is 3. The first-order valence-corrected chi connectivity index (χ1v) is 10.4. The molecule has 32 heavy (non-hydrogen) atoms. The van der Waals surface area contributed by atoms with Crippen molar-refractivity contribution < 1.29 is 0 Å². The lowest BCUT2D eigenvalue weighted by Crippen LogP contribution is -1.93. The van der Waals surface area contributed by atoms with E-state index in [9.17, 15) is 0 Å². The minimum Gasteiger partial charge on any atom is -0.296 e. The summed E-state index contributed by atoms with van der Waals surface area (Å²) < 4.78 is 0. The van der Waals surface area contributed by atoms with Crippen molar-refractivity contribution >= 4 is 24.1 Å². The van der Waals surface area contributed by atoms with E-state index in [1.165, 1.54) is 0 Å². The molecule has 3 rings (SSSR count). The molecule has 0 radical (unpaired) electrons. The number of pyridine rings is 1. The van der Waals surface area contributed by atoms with Gasteiger partial charge in [-0.25, -0.2) is 0 Å². The van der Waals surface area contributed by atoms with Crippen molar-refractivity contribution in [3.63, 3.8) is 0 Å². The molecule has 0 saturated heterocycles. The Balaban J connectivity index is 2.23. The highest BCUT2D eigenvalue weighted by Crippen LogP contribution is 2.31. The zero-order valence-corrected chi connectivity index (χ0v) is 18.6. The molecule has 3 aromatic rings. The van der Waals surface area contributed by atoms with E-state index in [0.717, 1.165) is 44.5 Å². The van der Waals surface area contributed by atoms with Crippen molar-refractivity contribution in [3.8, 4) is 22.3 Å². The molecule has 0 bridgehead atoms. The second-order valence-electron chi connectivity index (χ2n) is 7.13. The fourth-order valence-corrected chi connectivity index (χ4v) is 3.51. The Morgan fingerprint density at radius 1 is 0.906 bits per heavy atom. The molecule has 0 spiro atoms. The first-order valence-electron chi connectivity index (χ1n) is 10.4. The van der Waals surface area contributed by atoms with Crippen LogP contribution in [0, 0.1) is 0 Å². The van der Waals surface area contributed by atoms with E-state index in [1.807, 2.05) is 43.6 Å². The van der Waals surface area contributed by atoms with Gasteiger partial charge in [0.05, 0.1) is 0 Å². The van der Waals surface area contributed by atoms with Crippen LogP contribution < -0.4 is 0 Å². The van der Waals surface area contributed by atoms with Crippen LogP contribution in [0.25, 0.3) is 33.4 Å². The van der Waals surface area contributed by atoms with Crippen molar-refractivity contribution in [3.05, 3.63) is 115 Å². The molecule has 3 heteroatoms. The summed E-state index contributed by atoms with van der Waals surface area (Å²) in [5.74, 6) is 0. The number of hydrogen-bond donors (Lipinski definition) is 0. The highest BCUT2D eigenvalue weighted by molar-refractivity contribution is 6.10. The summed E-state index contributed by atoms with van der Waals surface area (Å²) in [6.45, 7) is 9.49. The van der Waals surface area contributed by atoms with Gasteiger partial charge in [0.15, 0.2) is 0 Å². The van der Waals surface area contributed by atoms with Crippen molar-refractivity contribution in [2.45, 2.75) is 6.92 Å². The standard InChI is InChI=1S/C29H27N3/c1-5-9-24(19-30-3)28-16-27(17-29(18-28)25(10-6-2)20-31-4)23-12-7-11-22(15-23)26-13-8-14-32-21-26/h5-21H,1,4H2,2-3H3/b10-6-,24-9+,25-20+,30-19?. The van der Waals surface area contributed by atoms with E-state index in [-0.39, 0.29) is 0 Å². The normalized spacial score (nSPS) is 12.4. The molecule has 0 atom stereocenters. The predicted molar refractivity (Wildman–Crippen MR) is 140 cm³/mol. The summed E-state index contributed by atoms with van der Waals surface area (Å²) in [7, 11) is 1.77. The molecule has 0 aliphatic carbocycles. The zero-order chi connectivity index (χ0) is 22.8. The average Bonchev–Trinajstić information content (AvgIpc) is 2.84. The maximum Gasteiger partial charge on any atom is 0.0346 e. The van der Waals surface area contributed by atoms with Crippen LogP contribution in [-0.4, -0.2) is 25.0 Å². The first kappa shape index (κ1) is 22.6. The molecule has 0 N–H and O–H groups in total. The molecule has 0 amide bonds. The van der Waals surface area contributed by atoms with Crippen molar-refractivity contribution in [2.24, 2.45) is 9.98 Å². The Kier molecular flexibility index (Phi) is 7.99. The van der Waals surface area contributed by atoms with Gasteiger partial charge >= 0.3 is 0 Å². The van der Waals surface area contributed by atoms with Crippen molar-refractivity contribution in [1.29, 1.82) is 0 Å². The third-order valence-electron chi connectivity index (χ3n) is 4.93. The monoisotopic (exact) mass is 417 g/mol. The zero-order valence-electron chi connectivity index (χ0n) is 18.6. The van der Waals surface area contributed by atoms with Crippen LogP contribution >= 0.6 is 0 Å². The summed E-state index contributed by atoms with van der Waals surface area (Å²) >= 11 is 0. The van der Waals surface area contributed by atoms with Gasteiger partial charge in [-0.2, -0.15) is 0 Å². The van der Waals surface area contributed by atoms with Crippen molar-refractivity contribution in [1.82, 2.24) is 4.98 Å². The van der Waals surface area contributed by atoms with Gasteiger partial charge in [-0.1, -0.05) is 55.1 Å². The van der Waals surface area contributed by atoms with Gasteiger partial charge in [0, 0.05) is 37.4 Å². The molecule has 3 nitrogen and oxygen atoms in total. The third-order valence-corrected chi connectivity index (χ3v) is 4.93. The van der Waals surface area contributed by atoms with E-state index in [1.54, 1.807) is 25.5 Å². The lowest BCUT2D eigenvalue weighted by atomic mass is 9.92. The minimum atomic E-state index is 0.986. The highest BCUT2D eigenvalue weighted by atomic mass is 14.6. The van der Waals surface area contributed by atoms with Crippen LogP contribution in [0.2, 0.25) is 0 Å². The maximum absolute atomic E-state index is 4.26. The predicted octanol–water partition coefficient (Wildman–Crippen LogP) is 7.30. The summed E-state index contributed by atoms with van der Waals surface area (Å²) in [5, 5.41) is 0. The Hall–Kier alpha value is -4.11. The molecule has 1 aromatic heterocycles. The lowest BCUT2D eigenvalue weighted by Gasteiger charge is -2.13. The van der Waals surface area contributed by atoms with Crippen LogP contribution in [-0.2, 0) is 0 Å². The molecule has 158 valence electrons. The molecular formula is C29H27N3. The SMILES string of the molecule is C=C/C=C(\C=NC)c1cc(C(/C=C\C)=C/N=C)cc(-c2cccc(-c3cccnc3)c2)c1. The van der Waals surface area contributed by atoms with Crippen LogP contribution in [0.4, 0.5) is 0 Å². The summed E-state index contributed by atoms with van der Waals surface area (Å²) in [6, 6.07) is 19.0. The minimum absolute atomic E-state index is 0.986. The van der Waals surface area contributed by atoms with E-state index < -0.39 is 0 Å². The highest BCUT2D eigenvalue weighted by Gasteiger charge is 2.09. The Labute approximate surface area is 190 Å². The topological polar surface area (TPSA) is 37.6 Å². The average molecular weight is 418 g/mol. The van der Waals surface area contributed by atoms with E-state index in [4.69, 9.17) is 0 Å². The Morgan fingerprint density at radius 3 is 2.25 bits per heavy atom. The van der Waals surface area contributed by atoms with Gasteiger partial charge in [0.1, 0.15) is 0 Å². The van der Waals surface area contributed by atoms with Gasteiger partial charge in [0.25, 0.3) is 0 Å². The van der Waals surface area contributed by atoms with Crippen LogP contribution in [0.1, 0.15) is 18.1 Å². The maximum atomic E-state index is 4.26. The molecule has 0 fully saturated rings. The second-order valence-corrected chi connectivity index (χ2v) is 7.13. The third kappa shape index (κ3) is 5.52. The largest absolute Gasteiger partial charge is 0.296 e. The number of rotatable bonds is 8. The van der Waals surface area contributed by atoms with Gasteiger partial charge < -0.3 is 0 Å². The molecular weight excluding hydrogens is 390 g/mol.